The van der Waals surface area contributed by atoms with E-state index in [0.717, 1.165) is 25.9 Å². The van der Waals surface area contributed by atoms with Gasteiger partial charge in [-0.2, -0.15) is 5.26 Å². The Kier molecular flexibility index (Phi) is 3.21. The molecule has 0 saturated heterocycles. The van der Waals surface area contributed by atoms with Crippen molar-refractivity contribution in [1.29, 1.82) is 5.26 Å². The van der Waals surface area contributed by atoms with Gasteiger partial charge in [0.15, 0.2) is 0 Å². The Morgan fingerprint density at radius 3 is 2.62 bits per heavy atom. The van der Waals surface area contributed by atoms with Gasteiger partial charge in [0.05, 0.1) is 11.5 Å². The standard InChI is InChI=1S/C13H17N3/c1-16(9-12-3-7-15-8-4-12)11-13(10-14)5-2-6-13/h3-4,7-8H,2,5-6,9,11H2,1H3. The van der Waals surface area contributed by atoms with Gasteiger partial charge in [-0.3, -0.25) is 4.98 Å². The molecule has 1 saturated carbocycles. The summed E-state index contributed by atoms with van der Waals surface area (Å²) in [7, 11) is 2.08. The molecule has 3 nitrogen and oxygen atoms in total. The first-order valence-electron chi connectivity index (χ1n) is 5.73. The summed E-state index contributed by atoms with van der Waals surface area (Å²) in [4.78, 5) is 6.23. The molecule has 0 N–H and O–H groups in total. The van der Waals surface area contributed by atoms with Gasteiger partial charge in [-0.15, -0.1) is 0 Å². The van der Waals surface area contributed by atoms with Gasteiger partial charge in [0.25, 0.3) is 0 Å². The highest BCUT2D eigenvalue weighted by Crippen LogP contribution is 2.40. The number of rotatable bonds is 4. The van der Waals surface area contributed by atoms with Crippen LogP contribution in [0, 0.1) is 16.7 Å². The molecule has 3 heteroatoms. The van der Waals surface area contributed by atoms with Crippen molar-refractivity contribution in [3.63, 3.8) is 0 Å². The molecular formula is C13H17N3. The van der Waals surface area contributed by atoms with Crippen molar-refractivity contribution in [3.8, 4) is 6.07 Å². The lowest BCUT2D eigenvalue weighted by Gasteiger charge is -2.38. The molecule has 2 rings (SSSR count). The molecule has 0 bridgehead atoms. The van der Waals surface area contributed by atoms with E-state index in [1.165, 1.54) is 12.0 Å². The smallest absolute Gasteiger partial charge is 0.0703 e. The molecule has 0 atom stereocenters. The molecule has 1 aromatic rings. The van der Waals surface area contributed by atoms with Crippen LogP contribution in [0.1, 0.15) is 24.8 Å². The van der Waals surface area contributed by atoms with Crippen LogP contribution in [-0.2, 0) is 6.54 Å². The van der Waals surface area contributed by atoms with Gasteiger partial charge < -0.3 is 4.90 Å². The Bertz CT molecular complexity index is 376. The van der Waals surface area contributed by atoms with Crippen LogP contribution in [0.3, 0.4) is 0 Å². The molecule has 84 valence electrons. The van der Waals surface area contributed by atoms with Crippen molar-refractivity contribution in [2.75, 3.05) is 13.6 Å². The molecule has 0 radical (unpaired) electrons. The average Bonchev–Trinajstić information content (AvgIpc) is 2.25. The summed E-state index contributed by atoms with van der Waals surface area (Å²) in [5, 5.41) is 9.16. The molecule has 1 aliphatic carbocycles. The molecule has 1 aromatic heterocycles. The summed E-state index contributed by atoms with van der Waals surface area (Å²) in [6.45, 7) is 1.78. The van der Waals surface area contributed by atoms with Crippen LogP contribution in [0.2, 0.25) is 0 Å². The lowest BCUT2D eigenvalue weighted by atomic mass is 9.69. The second-order valence-corrected chi connectivity index (χ2v) is 4.77. The van der Waals surface area contributed by atoms with Crippen LogP contribution in [-0.4, -0.2) is 23.5 Å². The minimum absolute atomic E-state index is 0.0677. The second kappa shape index (κ2) is 4.63. The van der Waals surface area contributed by atoms with Gasteiger partial charge >= 0.3 is 0 Å². The Labute approximate surface area is 96.7 Å². The number of hydrogen-bond acceptors (Lipinski definition) is 3. The van der Waals surface area contributed by atoms with Crippen LogP contribution in [0.25, 0.3) is 0 Å². The lowest BCUT2D eigenvalue weighted by Crippen LogP contribution is -2.39. The third kappa shape index (κ3) is 2.40. The van der Waals surface area contributed by atoms with E-state index in [1.54, 1.807) is 0 Å². The molecule has 16 heavy (non-hydrogen) atoms. The molecule has 0 aliphatic heterocycles. The first-order valence-corrected chi connectivity index (χ1v) is 5.73. The van der Waals surface area contributed by atoms with Gasteiger partial charge in [-0.05, 0) is 37.6 Å². The molecule has 0 aromatic carbocycles. The number of nitrogens with zero attached hydrogens (tertiary/aromatic N) is 3. The molecule has 1 fully saturated rings. The largest absolute Gasteiger partial charge is 0.301 e. The molecule has 0 spiro atoms. The Hall–Kier alpha value is -1.40. The van der Waals surface area contributed by atoms with E-state index >= 15 is 0 Å². The Morgan fingerprint density at radius 2 is 2.12 bits per heavy atom. The first-order chi connectivity index (χ1) is 7.74. The summed E-state index contributed by atoms with van der Waals surface area (Å²) in [5.74, 6) is 0. The predicted octanol–water partition coefficient (Wildman–Crippen LogP) is 2.21. The monoisotopic (exact) mass is 215 g/mol. The predicted molar refractivity (Wildman–Crippen MR) is 62.5 cm³/mol. The van der Waals surface area contributed by atoms with Crippen molar-refractivity contribution in [1.82, 2.24) is 9.88 Å². The fourth-order valence-electron chi connectivity index (χ4n) is 2.28. The van der Waals surface area contributed by atoms with E-state index < -0.39 is 0 Å². The van der Waals surface area contributed by atoms with Crippen molar-refractivity contribution in [2.24, 2.45) is 5.41 Å². The highest BCUT2D eigenvalue weighted by Gasteiger charge is 2.37. The zero-order valence-corrected chi connectivity index (χ0v) is 9.69. The van der Waals surface area contributed by atoms with E-state index in [-0.39, 0.29) is 5.41 Å². The maximum atomic E-state index is 9.16. The third-order valence-corrected chi connectivity index (χ3v) is 3.32. The lowest BCUT2D eigenvalue weighted by molar-refractivity contribution is 0.134. The second-order valence-electron chi connectivity index (χ2n) is 4.77. The topological polar surface area (TPSA) is 39.9 Å². The molecule has 1 heterocycles. The van der Waals surface area contributed by atoms with Gasteiger partial charge in [-0.1, -0.05) is 6.42 Å². The van der Waals surface area contributed by atoms with E-state index in [0.29, 0.717) is 0 Å². The number of aromatic nitrogens is 1. The Balaban J connectivity index is 1.90. The summed E-state index contributed by atoms with van der Waals surface area (Å²) in [6.07, 6.45) is 6.95. The van der Waals surface area contributed by atoms with E-state index in [2.05, 4.69) is 23.0 Å². The fraction of sp³-hybridized carbons (Fsp3) is 0.538. The van der Waals surface area contributed by atoms with Crippen LogP contribution >= 0.6 is 0 Å². The van der Waals surface area contributed by atoms with Crippen molar-refractivity contribution >= 4 is 0 Å². The zero-order valence-electron chi connectivity index (χ0n) is 9.69. The van der Waals surface area contributed by atoms with Crippen LogP contribution in [0.5, 0.6) is 0 Å². The van der Waals surface area contributed by atoms with Crippen LogP contribution in [0.4, 0.5) is 0 Å². The maximum absolute atomic E-state index is 9.16. The van der Waals surface area contributed by atoms with Crippen LogP contribution in [0.15, 0.2) is 24.5 Å². The fourth-order valence-corrected chi connectivity index (χ4v) is 2.28. The number of nitriles is 1. The Morgan fingerprint density at radius 1 is 1.44 bits per heavy atom. The SMILES string of the molecule is CN(Cc1ccncc1)CC1(C#N)CCC1. The minimum atomic E-state index is -0.0677. The van der Waals surface area contributed by atoms with Crippen molar-refractivity contribution < 1.29 is 0 Å². The van der Waals surface area contributed by atoms with E-state index in [4.69, 9.17) is 5.26 Å². The zero-order chi connectivity index (χ0) is 11.4. The molecule has 0 unspecified atom stereocenters. The number of hydrogen-bond donors (Lipinski definition) is 0. The van der Waals surface area contributed by atoms with Crippen LogP contribution < -0.4 is 0 Å². The summed E-state index contributed by atoms with van der Waals surface area (Å²) < 4.78 is 0. The summed E-state index contributed by atoms with van der Waals surface area (Å²) >= 11 is 0. The normalized spacial score (nSPS) is 17.8. The molecule has 0 amide bonds. The number of pyridine rings is 1. The average molecular weight is 215 g/mol. The van der Waals surface area contributed by atoms with Gasteiger partial charge in [0.1, 0.15) is 0 Å². The van der Waals surface area contributed by atoms with E-state index in [9.17, 15) is 0 Å². The minimum Gasteiger partial charge on any atom is -0.301 e. The summed E-state index contributed by atoms with van der Waals surface area (Å²) in [6, 6.07) is 6.53. The van der Waals surface area contributed by atoms with Gasteiger partial charge in [0, 0.05) is 25.5 Å². The quantitative estimate of drug-likeness (QED) is 0.773. The maximum Gasteiger partial charge on any atom is 0.0703 e. The van der Waals surface area contributed by atoms with Crippen molar-refractivity contribution in [3.05, 3.63) is 30.1 Å². The highest BCUT2D eigenvalue weighted by atomic mass is 15.1. The molecular weight excluding hydrogens is 198 g/mol. The third-order valence-electron chi connectivity index (χ3n) is 3.32. The van der Waals surface area contributed by atoms with Gasteiger partial charge in [-0.25, -0.2) is 0 Å². The summed E-state index contributed by atoms with van der Waals surface area (Å²) in [5.41, 5.74) is 1.19. The highest BCUT2D eigenvalue weighted by molar-refractivity contribution is 5.11. The van der Waals surface area contributed by atoms with Gasteiger partial charge in [0.2, 0.25) is 0 Å². The molecule has 1 aliphatic rings. The first kappa shape index (κ1) is 11.1. The van der Waals surface area contributed by atoms with E-state index in [1.807, 2.05) is 24.5 Å². The van der Waals surface area contributed by atoms with Crippen molar-refractivity contribution in [2.45, 2.75) is 25.8 Å².